The van der Waals surface area contributed by atoms with Crippen molar-refractivity contribution in [3.05, 3.63) is 72.1 Å². The Morgan fingerprint density at radius 1 is 0.738 bits per heavy atom. The van der Waals surface area contributed by atoms with Crippen molar-refractivity contribution in [3.8, 4) is 0 Å². The van der Waals surface area contributed by atoms with E-state index in [9.17, 15) is 29.1 Å². The second-order valence-electron chi connectivity index (χ2n) is 10.1. The topological polar surface area (TPSA) is 225 Å². The predicted molar refractivity (Wildman–Crippen MR) is 155 cm³/mol. The maximum absolute atomic E-state index is 13.5. The van der Waals surface area contributed by atoms with Gasteiger partial charge in [-0.05, 0) is 30.2 Å². The number of fused-ring (bicyclic) bond motifs is 2. The molecule has 0 aliphatic heterocycles. The van der Waals surface area contributed by atoms with Gasteiger partial charge in [-0.1, -0.05) is 36.4 Å². The minimum absolute atomic E-state index is 0.0392. The van der Waals surface area contributed by atoms with Crippen LogP contribution in [-0.2, 0) is 36.8 Å². The number of hydrogen-bond acceptors (Lipinski definition) is 6. The third-order valence-corrected chi connectivity index (χ3v) is 6.90. The molecule has 0 fully saturated rings. The fraction of sp³-hybridized carbons (Fsp3) is 0.276. The van der Waals surface area contributed by atoms with Crippen molar-refractivity contribution in [2.75, 3.05) is 0 Å². The number of primary amides is 1. The van der Waals surface area contributed by atoms with E-state index in [1.165, 1.54) is 6.92 Å². The zero-order chi connectivity index (χ0) is 30.4. The Labute approximate surface area is 240 Å². The summed E-state index contributed by atoms with van der Waals surface area (Å²) in [7, 11) is 0. The molecule has 220 valence electrons. The summed E-state index contributed by atoms with van der Waals surface area (Å²) in [6, 6.07) is 9.72. The molecule has 0 bridgehead atoms. The number of carbonyl (C=O) groups excluding carboxylic acids is 4. The molecule has 4 aromatic rings. The Balaban J connectivity index is 1.53. The van der Waals surface area contributed by atoms with Gasteiger partial charge in [0, 0.05) is 47.0 Å². The highest BCUT2D eigenvalue weighted by atomic mass is 16.4. The molecular formula is C29H33N7O6. The van der Waals surface area contributed by atoms with Crippen molar-refractivity contribution in [1.82, 2.24) is 25.9 Å². The quantitative estimate of drug-likeness (QED) is 0.110. The van der Waals surface area contributed by atoms with Gasteiger partial charge in [0.15, 0.2) is 0 Å². The molecule has 0 aliphatic carbocycles. The Morgan fingerprint density at radius 2 is 1.19 bits per heavy atom. The average molecular weight is 576 g/mol. The van der Waals surface area contributed by atoms with E-state index >= 15 is 0 Å². The van der Waals surface area contributed by atoms with E-state index in [0.29, 0.717) is 5.56 Å². The van der Waals surface area contributed by atoms with Gasteiger partial charge in [-0.3, -0.25) is 19.2 Å². The number of nitrogens with one attached hydrogen (secondary N) is 5. The lowest BCUT2D eigenvalue weighted by Gasteiger charge is -2.24. The average Bonchev–Trinajstić information content (AvgIpc) is 3.55. The van der Waals surface area contributed by atoms with Gasteiger partial charge in [0.05, 0.1) is 12.5 Å². The van der Waals surface area contributed by atoms with Crippen LogP contribution in [0, 0.1) is 0 Å². The van der Waals surface area contributed by atoms with Crippen molar-refractivity contribution in [2.24, 2.45) is 11.5 Å². The molecule has 13 nitrogen and oxygen atoms in total. The molecule has 0 aliphatic rings. The molecule has 2 heterocycles. The van der Waals surface area contributed by atoms with Crippen LogP contribution in [0.3, 0.4) is 0 Å². The first-order valence-electron chi connectivity index (χ1n) is 13.3. The molecule has 13 heteroatoms. The SMILES string of the molecule is CC(N)C(=O)NC(Cc1c[nH]c2ccccc12)C(=O)NC(CC(N)=O)C(=O)NC(Cc1c[nH]c2ccccc12)C(=O)O. The van der Waals surface area contributed by atoms with E-state index in [4.69, 9.17) is 11.5 Å². The van der Waals surface area contributed by atoms with E-state index in [2.05, 4.69) is 25.9 Å². The molecule has 4 atom stereocenters. The van der Waals surface area contributed by atoms with E-state index < -0.39 is 60.2 Å². The molecule has 0 spiro atoms. The molecule has 4 amide bonds. The second-order valence-corrected chi connectivity index (χ2v) is 10.1. The highest BCUT2D eigenvalue weighted by Gasteiger charge is 2.32. The van der Waals surface area contributed by atoms with Crippen LogP contribution >= 0.6 is 0 Å². The summed E-state index contributed by atoms with van der Waals surface area (Å²) in [5.74, 6) is -4.50. The van der Waals surface area contributed by atoms with Gasteiger partial charge in [-0.15, -0.1) is 0 Å². The third-order valence-electron chi connectivity index (χ3n) is 6.90. The summed E-state index contributed by atoms with van der Waals surface area (Å²) in [6.07, 6.45) is 2.75. The fourth-order valence-electron chi connectivity index (χ4n) is 4.71. The van der Waals surface area contributed by atoms with Crippen LogP contribution in [0.1, 0.15) is 24.5 Å². The second kappa shape index (κ2) is 13.0. The monoisotopic (exact) mass is 575 g/mol. The number of carboxylic acid groups (broad SMARTS) is 1. The first-order chi connectivity index (χ1) is 20.0. The Morgan fingerprint density at radius 3 is 1.69 bits per heavy atom. The summed E-state index contributed by atoms with van der Waals surface area (Å²) >= 11 is 0. The van der Waals surface area contributed by atoms with E-state index in [1.807, 2.05) is 48.5 Å². The van der Waals surface area contributed by atoms with Gasteiger partial charge < -0.3 is 42.5 Å². The lowest BCUT2D eigenvalue weighted by Crippen LogP contribution is -2.58. The van der Waals surface area contributed by atoms with Crippen molar-refractivity contribution >= 4 is 51.4 Å². The van der Waals surface area contributed by atoms with Crippen LogP contribution in [0.2, 0.25) is 0 Å². The van der Waals surface area contributed by atoms with Gasteiger partial charge >= 0.3 is 5.97 Å². The number of aromatic nitrogens is 2. The molecule has 4 rings (SSSR count). The maximum Gasteiger partial charge on any atom is 0.326 e. The van der Waals surface area contributed by atoms with Crippen molar-refractivity contribution in [1.29, 1.82) is 0 Å². The Kier molecular flexibility index (Phi) is 9.22. The van der Waals surface area contributed by atoms with Crippen LogP contribution in [0.5, 0.6) is 0 Å². The highest BCUT2D eigenvalue weighted by molar-refractivity contribution is 5.97. The number of amides is 4. The summed E-state index contributed by atoms with van der Waals surface area (Å²) in [4.78, 5) is 69.2. The number of carbonyl (C=O) groups is 5. The fourth-order valence-corrected chi connectivity index (χ4v) is 4.71. The zero-order valence-electron chi connectivity index (χ0n) is 22.8. The van der Waals surface area contributed by atoms with Crippen molar-refractivity contribution in [3.63, 3.8) is 0 Å². The number of benzene rings is 2. The molecule has 2 aromatic carbocycles. The summed E-state index contributed by atoms with van der Waals surface area (Å²) in [6.45, 7) is 1.46. The summed E-state index contributed by atoms with van der Waals surface area (Å²) in [5, 5.41) is 18.9. The molecule has 42 heavy (non-hydrogen) atoms. The van der Waals surface area contributed by atoms with Gasteiger partial charge in [0.2, 0.25) is 23.6 Å². The van der Waals surface area contributed by atoms with Gasteiger partial charge in [0.25, 0.3) is 0 Å². The number of para-hydroxylation sites is 2. The molecule has 4 unspecified atom stereocenters. The van der Waals surface area contributed by atoms with Gasteiger partial charge in [-0.2, -0.15) is 0 Å². The molecule has 0 radical (unpaired) electrons. The minimum atomic E-state index is -1.50. The van der Waals surface area contributed by atoms with E-state index in [1.54, 1.807) is 12.4 Å². The lowest BCUT2D eigenvalue weighted by molar-refractivity contribution is -0.142. The van der Waals surface area contributed by atoms with Crippen LogP contribution in [-0.4, -0.2) is 68.8 Å². The number of rotatable bonds is 13. The number of aromatic amines is 2. The first kappa shape index (κ1) is 29.8. The Hall–Kier alpha value is -5.17. The van der Waals surface area contributed by atoms with Crippen LogP contribution in [0.25, 0.3) is 21.8 Å². The number of aliphatic carboxylic acids is 1. The summed E-state index contributed by atoms with van der Waals surface area (Å²) < 4.78 is 0. The predicted octanol–water partition coefficient (Wildman–Crippen LogP) is 0.196. The normalized spacial score (nSPS) is 14.0. The molecular weight excluding hydrogens is 542 g/mol. The Bertz CT molecular complexity index is 1620. The number of carboxylic acids is 1. The maximum atomic E-state index is 13.5. The summed E-state index contributed by atoms with van der Waals surface area (Å²) in [5.41, 5.74) is 14.1. The largest absolute Gasteiger partial charge is 0.480 e. The van der Waals surface area contributed by atoms with Crippen LogP contribution in [0.4, 0.5) is 0 Å². The minimum Gasteiger partial charge on any atom is -0.480 e. The third kappa shape index (κ3) is 7.12. The standard InChI is InChI=1S/C29H33N7O6/c1-15(30)26(38)34-22(10-16-13-32-20-8-4-2-6-18(16)20)27(39)35-23(12-25(31)37)28(40)36-24(29(41)42)11-17-14-33-21-9-5-3-7-19(17)21/h2-9,13-15,22-24,32-33H,10-12,30H2,1H3,(H2,31,37)(H,34,38)(H,35,39)(H,36,40)(H,41,42). The number of nitrogens with two attached hydrogens (primary N) is 2. The van der Waals surface area contributed by atoms with Crippen LogP contribution in [0.15, 0.2) is 60.9 Å². The van der Waals surface area contributed by atoms with E-state index in [0.717, 1.165) is 27.4 Å². The van der Waals surface area contributed by atoms with E-state index in [-0.39, 0.29) is 12.8 Å². The van der Waals surface area contributed by atoms with Crippen molar-refractivity contribution < 1.29 is 29.1 Å². The van der Waals surface area contributed by atoms with Gasteiger partial charge in [0.1, 0.15) is 18.1 Å². The number of H-pyrrole nitrogens is 2. The molecule has 0 saturated carbocycles. The number of hydrogen-bond donors (Lipinski definition) is 8. The molecule has 10 N–H and O–H groups in total. The lowest BCUT2D eigenvalue weighted by atomic mass is 10.0. The van der Waals surface area contributed by atoms with Gasteiger partial charge in [-0.25, -0.2) is 4.79 Å². The molecule has 2 aromatic heterocycles. The highest BCUT2D eigenvalue weighted by Crippen LogP contribution is 2.20. The van der Waals surface area contributed by atoms with Crippen LogP contribution < -0.4 is 27.4 Å². The molecule has 0 saturated heterocycles. The van der Waals surface area contributed by atoms with Crippen molar-refractivity contribution in [2.45, 2.75) is 50.4 Å². The first-order valence-corrected chi connectivity index (χ1v) is 13.3. The zero-order valence-corrected chi connectivity index (χ0v) is 22.8. The smallest absolute Gasteiger partial charge is 0.326 e.